The summed E-state index contributed by atoms with van der Waals surface area (Å²) in [6, 6.07) is 5.08. The summed E-state index contributed by atoms with van der Waals surface area (Å²) in [6.07, 6.45) is 3.66. The summed E-state index contributed by atoms with van der Waals surface area (Å²) in [6.45, 7) is 3.54. The highest BCUT2D eigenvalue weighted by molar-refractivity contribution is 7.89. The number of aliphatic hydroxyl groups is 1. The molecule has 5 heteroatoms. The Bertz CT molecular complexity index is 674. The van der Waals surface area contributed by atoms with Crippen molar-refractivity contribution >= 4 is 10.0 Å². The van der Waals surface area contributed by atoms with Gasteiger partial charge in [0.2, 0.25) is 10.0 Å². The molecule has 2 rings (SSSR count). The smallest absolute Gasteiger partial charge is 0.241 e. The third-order valence-corrected chi connectivity index (χ3v) is 5.85. The van der Waals surface area contributed by atoms with E-state index in [1.54, 1.807) is 25.1 Å². The standard InChI is InChI=1S/C16H21NO3S/c1-3-16(9-5-10-16)17-21(19,20)15-12-14(6-4-11-18)8-7-13(15)2/h7-8,12,17-18H,3,5,9-11H2,1-2H3. The summed E-state index contributed by atoms with van der Waals surface area (Å²) < 4.78 is 28.1. The average Bonchev–Trinajstić information content (AvgIpc) is 2.42. The second-order valence-electron chi connectivity index (χ2n) is 5.53. The fourth-order valence-electron chi connectivity index (χ4n) is 2.58. The van der Waals surface area contributed by atoms with E-state index in [4.69, 9.17) is 5.11 Å². The van der Waals surface area contributed by atoms with Gasteiger partial charge in [0, 0.05) is 11.1 Å². The van der Waals surface area contributed by atoms with Crippen molar-refractivity contribution in [3.8, 4) is 11.8 Å². The molecule has 4 nitrogen and oxygen atoms in total. The Hall–Kier alpha value is -1.35. The largest absolute Gasteiger partial charge is 0.384 e. The minimum absolute atomic E-state index is 0.243. The molecule has 0 atom stereocenters. The predicted molar refractivity (Wildman–Crippen MR) is 82.3 cm³/mol. The molecule has 0 saturated heterocycles. The number of sulfonamides is 1. The van der Waals surface area contributed by atoms with E-state index in [2.05, 4.69) is 16.6 Å². The van der Waals surface area contributed by atoms with Crippen LogP contribution in [-0.4, -0.2) is 25.7 Å². The molecule has 1 saturated carbocycles. The Morgan fingerprint density at radius 3 is 2.62 bits per heavy atom. The Balaban J connectivity index is 2.35. The van der Waals surface area contributed by atoms with Crippen molar-refractivity contribution in [2.45, 2.75) is 50.0 Å². The molecule has 0 bridgehead atoms. The molecule has 0 unspecified atom stereocenters. The van der Waals surface area contributed by atoms with Gasteiger partial charge in [-0.25, -0.2) is 13.1 Å². The van der Waals surface area contributed by atoms with Gasteiger partial charge in [-0.05, 0) is 50.3 Å². The minimum atomic E-state index is -3.55. The van der Waals surface area contributed by atoms with Crippen LogP contribution in [0.4, 0.5) is 0 Å². The van der Waals surface area contributed by atoms with Crippen molar-refractivity contribution in [2.24, 2.45) is 0 Å². The first-order valence-electron chi connectivity index (χ1n) is 7.17. The van der Waals surface area contributed by atoms with E-state index in [0.29, 0.717) is 11.1 Å². The summed E-state index contributed by atoms with van der Waals surface area (Å²) in [5, 5.41) is 8.73. The number of aryl methyl sites for hydroxylation is 1. The van der Waals surface area contributed by atoms with E-state index < -0.39 is 10.0 Å². The van der Waals surface area contributed by atoms with Crippen LogP contribution in [0.2, 0.25) is 0 Å². The van der Waals surface area contributed by atoms with Crippen LogP contribution >= 0.6 is 0 Å². The van der Waals surface area contributed by atoms with E-state index in [1.807, 2.05) is 6.92 Å². The molecular weight excluding hydrogens is 286 g/mol. The lowest BCUT2D eigenvalue weighted by molar-refractivity contribution is 0.214. The van der Waals surface area contributed by atoms with Gasteiger partial charge in [-0.15, -0.1) is 0 Å². The van der Waals surface area contributed by atoms with Gasteiger partial charge in [0.15, 0.2) is 0 Å². The third-order valence-electron chi connectivity index (χ3n) is 4.13. The van der Waals surface area contributed by atoms with Crippen LogP contribution in [0.25, 0.3) is 0 Å². The predicted octanol–water partition coefficient (Wildman–Crippen LogP) is 1.95. The molecule has 0 aliphatic heterocycles. The molecule has 1 fully saturated rings. The maximum Gasteiger partial charge on any atom is 0.241 e. The molecule has 0 heterocycles. The van der Waals surface area contributed by atoms with Gasteiger partial charge < -0.3 is 5.11 Å². The van der Waals surface area contributed by atoms with Crippen LogP contribution in [-0.2, 0) is 10.0 Å². The van der Waals surface area contributed by atoms with Gasteiger partial charge in [0.05, 0.1) is 4.90 Å². The SMILES string of the molecule is CCC1(NS(=O)(=O)c2cc(C#CCO)ccc2C)CCC1. The maximum atomic E-state index is 12.6. The summed E-state index contributed by atoms with van der Waals surface area (Å²) in [4.78, 5) is 0.270. The number of rotatable bonds is 4. The number of aliphatic hydroxyl groups excluding tert-OH is 1. The van der Waals surface area contributed by atoms with Crippen LogP contribution < -0.4 is 4.72 Å². The van der Waals surface area contributed by atoms with Crippen molar-refractivity contribution in [2.75, 3.05) is 6.61 Å². The van der Waals surface area contributed by atoms with Crippen LogP contribution in [0.5, 0.6) is 0 Å². The first kappa shape index (κ1) is 16.0. The monoisotopic (exact) mass is 307 g/mol. The number of nitrogens with one attached hydrogen (secondary N) is 1. The highest BCUT2D eigenvalue weighted by Crippen LogP contribution is 2.36. The molecule has 1 aromatic carbocycles. The molecule has 114 valence electrons. The number of hydrogen-bond donors (Lipinski definition) is 2. The van der Waals surface area contributed by atoms with Gasteiger partial charge in [-0.1, -0.05) is 24.8 Å². The summed E-state index contributed by atoms with van der Waals surface area (Å²) in [7, 11) is -3.55. The normalized spacial score (nSPS) is 16.7. The van der Waals surface area contributed by atoms with Crippen LogP contribution in [0, 0.1) is 18.8 Å². The minimum Gasteiger partial charge on any atom is -0.384 e. The summed E-state index contributed by atoms with van der Waals surface area (Å²) in [5.74, 6) is 5.28. The quantitative estimate of drug-likeness (QED) is 0.836. The van der Waals surface area contributed by atoms with Gasteiger partial charge in [-0.3, -0.25) is 0 Å². The maximum absolute atomic E-state index is 12.6. The van der Waals surface area contributed by atoms with Gasteiger partial charge in [-0.2, -0.15) is 0 Å². The molecule has 0 spiro atoms. The number of benzene rings is 1. The molecule has 0 amide bonds. The molecule has 21 heavy (non-hydrogen) atoms. The van der Waals surface area contributed by atoms with Crippen molar-refractivity contribution < 1.29 is 13.5 Å². The first-order chi connectivity index (χ1) is 9.92. The Labute approximate surface area is 126 Å². The Kier molecular flexibility index (Phi) is 4.72. The van der Waals surface area contributed by atoms with E-state index in [0.717, 1.165) is 25.7 Å². The summed E-state index contributed by atoms with van der Waals surface area (Å²) >= 11 is 0. The fraction of sp³-hybridized carbons (Fsp3) is 0.500. The zero-order valence-electron chi connectivity index (χ0n) is 12.4. The van der Waals surface area contributed by atoms with Gasteiger partial charge >= 0.3 is 0 Å². The Morgan fingerprint density at radius 2 is 2.10 bits per heavy atom. The van der Waals surface area contributed by atoms with Crippen molar-refractivity contribution in [3.63, 3.8) is 0 Å². The zero-order chi connectivity index (χ0) is 15.5. The lowest BCUT2D eigenvalue weighted by Crippen LogP contribution is -2.52. The topological polar surface area (TPSA) is 66.4 Å². The van der Waals surface area contributed by atoms with Gasteiger partial charge in [0.25, 0.3) is 0 Å². The lowest BCUT2D eigenvalue weighted by Gasteiger charge is -2.41. The summed E-state index contributed by atoms with van der Waals surface area (Å²) in [5.41, 5.74) is 1.01. The second-order valence-corrected chi connectivity index (χ2v) is 7.18. The molecule has 2 N–H and O–H groups in total. The molecule has 1 aliphatic carbocycles. The molecule has 0 radical (unpaired) electrons. The molecular formula is C16H21NO3S. The van der Waals surface area contributed by atoms with Crippen molar-refractivity contribution in [1.29, 1.82) is 0 Å². The Morgan fingerprint density at radius 1 is 1.38 bits per heavy atom. The molecule has 1 aliphatic rings. The van der Waals surface area contributed by atoms with Crippen molar-refractivity contribution in [3.05, 3.63) is 29.3 Å². The van der Waals surface area contributed by atoms with Crippen LogP contribution in [0.15, 0.2) is 23.1 Å². The number of hydrogen-bond acceptors (Lipinski definition) is 3. The lowest BCUT2D eigenvalue weighted by atomic mass is 9.76. The highest BCUT2D eigenvalue weighted by atomic mass is 32.2. The average molecular weight is 307 g/mol. The van der Waals surface area contributed by atoms with E-state index in [9.17, 15) is 8.42 Å². The first-order valence-corrected chi connectivity index (χ1v) is 8.65. The fourth-order valence-corrected chi connectivity index (χ4v) is 4.38. The second kappa shape index (κ2) is 6.18. The van der Waals surface area contributed by atoms with E-state index in [1.165, 1.54) is 0 Å². The van der Waals surface area contributed by atoms with E-state index >= 15 is 0 Å². The van der Waals surface area contributed by atoms with Crippen LogP contribution in [0.1, 0.15) is 43.7 Å². The molecule has 0 aromatic heterocycles. The zero-order valence-corrected chi connectivity index (χ0v) is 13.3. The van der Waals surface area contributed by atoms with Gasteiger partial charge in [0.1, 0.15) is 6.61 Å². The van der Waals surface area contributed by atoms with Crippen LogP contribution in [0.3, 0.4) is 0 Å². The van der Waals surface area contributed by atoms with E-state index in [-0.39, 0.29) is 17.0 Å². The van der Waals surface area contributed by atoms with Crippen molar-refractivity contribution in [1.82, 2.24) is 4.72 Å². The third kappa shape index (κ3) is 3.46. The molecule has 1 aromatic rings. The highest BCUT2D eigenvalue weighted by Gasteiger charge is 2.39.